The highest BCUT2D eigenvalue weighted by Crippen LogP contribution is 2.34. The number of nitrogens with zero attached hydrogens (tertiary/aromatic N) is 1. The molecule has 0 radical (unpaired) electrons. The number of rotatable bonds is 4. The average molecular weight is 436 g/mol. The Hall–Kier alpha value is -3.68. The first-order valence-corrected chi connectivity index (χ1v) is 10.7. The van der Waals surface area contributed by atoms with Crippen LogP contribution in [0.4, 0.5) is 5.69 Å². The molecule has 0 unspecified atom stereocenters. The number of nitrogens with one attached hydrogen (secondary N) is 1. The molecule has 2 aromatic rings. The average Bonchev–Trinajstić information content (AvgIpc) is 3.30. The predicted octanol–water partition coefficient (Wildman–Crippen LogP) is 3.08. The Morgan fingerprint density at radius 3 is 2.41 bits per heavy atom. The van der Waals surface area contributed by atoms with Crippen LogP contribution < -0.4 is 24.3 Å². The highest BCUT2D eigenvalue weighted by Gasteiger charge is 2.27. The third-order valence-electron chi connectivity index (χ3n) is 5.80. The van der Waals surface area contributed by atoms with E-state index in [0.717, 1.165) is 11.3 Å². The van der Waals surface area contributed by atoms with Crippen LogP contribution in [0.15, 0.2) is 42.5 Å². The number of piperidine rings is 1. The number of anilines is 1. The fraction of sp³-hybridized carbons (Fsp3) is 0.333. The largest absolute Gasteiger partial charge is 0.486 e. The third kappa shape index (κ3) is 4.34. The molecule has 32 heavy (non-hydrogen) atoms. The van der Waals surface area contributed by atoms with Crippen molar-refractivity contribution in [2.45, 2.75) is 12.8 Å². The monoisotopic (exact) mass is 436 g/mol. The van der Waals surface area contributed by atoms with E-state index in [2.05, 4.69) is 5.32 Å². The Morgan fingerprint density at radius 2 is 1.56 bits per heavy atom. The second-order valence-corrected chi connectivity index (χ2v) is 7.89. The van der Waals surface area contributed by atoms with E-state index in [1.807, 2.05) is 18.2 Å². The van der Waals surface area contributed by atoms with Crippen molar-refractivity contribution in [1.82, 2.24) is 4.90 Å². The second kappa shape index (κ2) is 8.82. The van der Waals surface area contributed by atoms with E-state index < -0.39 is 0 Å². The van der Waals surface area contributed by atoms with Crippen molar-refractivity contribution in [3.8, 4) is 23.0 Å². The minimum absolute atomic E-state index is 0.0391. The predicted molar refractivity (Wildman–Crippen MR) is 117 cm³/mol. The zero-order valence-corrected chi connectivity index (χ0v) is 17.5. The lowest BCUT2D eigenvalue weighted by Gasteiger charge is -2.30. The molecule has 3 aliphatic rings. The number of hydrogen-bond acceptors (Lipinski definition) is 6. The van der Waals surface area contributed by atoms with Crippen LogP contribution in [0.5, 0.6) is 23.0 Å². The minimum atomic E-state index is -0.133. The summed E-state index contributed by atoms with van der Waals surface area (Å²) >= 11 is 0. The maximum Gasteiger partial charge on any atom is 0.246 e. The summed E-state index contributed by atoms with van der Waals surface area (Å²) < 4.78 is 21.7. The number of benzene rings is 2. The fourth-order valence-electron chi connectivity index (χ4n) is 4.02. The maximum atomic E-state index is 12.6. The summed E-state index contributed by atoms with van der Waals surface area (Å²) in [6.07, 6.45) is 4.59. The summed E-state index contributed by atoms with van der Waals surface area (Å²) in [5, 5.41) is 2.94. The lowest BCUT2D eigenvalue weighted by molar-refractivity contribution is -0.130. The standard InChI is InChI=1S/C24H24N2O6/c27-23(6-2-16-1-4-19-21(13-16)30-12-11-29-19)26-9-7-17(8-10-26)24(28)25-18-3-5-20-22(14-18)32-15-31-20/h1-6,13-14,17H,7-12,15H2,(H,25,28). The third-order valence-corrected chi connectivity index (χ3v) is 5.80. The summed E-state index contributed by atoms with van der Waals surface area (Å²) in [4.78, 5) is 27.0. The van der Waals surface area contributed by atoms with Gasteiger partial charge in [0.2, 0.25) is 18.6 Å². The fourth-order valence-corrected chi connectivity index (χ4v) is 4.02. The van der Waals surface area contributed by atoms with Crippen molar-refractivity contribution in [1.29, 1.82) is 0 Å². The van der Waals surface area contributed by atoms with Crippen LogP contribution in [0.25, 0.3) is 6.08 Å². The molecule has 0 atom stereocenters. The Bertz CT molecular complexity index is 1060. The Labute approximate surface area is 185 Å². The van der Waals surface area contributed by atoms with Gasteiger partial charge in [0.25, 0.3) is 0 Å². The lowest BCUT2D eigenvalue weighted by atomic mass is 9.95. The zero-order chi connectivity index (χ0) is 21.9. The van der Waals surface area contributed by atoms with Gasteiger partial charge in [-0.3, -0.25) is 9.59 Å². The van der Waals surface area contributed by atoms with Gasteiger partial charge in [0.15, 0.2) is 23.0 Å². The molecule has 166 valence electrons. The van der Waals surface area contributed by atoms with Crippen molar-refractivity contribution >= 4 is 23.6 Å². The van der Waals surface area contributed by atoms with Crippen LogP contribution in [0, 0.1) is 5.92 Å². The van der Waals surface area contributed by atoms with Crippen molar-refractivity contribution in [2.24, 2.45) is 5.92 Å². The van der Waals surface area contributed by atoms with Gasteiger partial charge >= 0.3 is 0 Å². The van der Waals surface area contributed by atoms with Gasteiger partial charge in [-0.25, -0.2) is 0 Å². The zero-order valence-electron chi connectivity index (χ0n) is 17.5. The molecule has 3 heterocycles. The summed E-state index contributed by atoms with van der Waals surface area (Å²) in [7, 11) is 0. The van der Waals surface area contributed by atoms with E-state index in [1.54, 1.807) is 35.3 Å². The lowest BCUT2D eigenvalue weighted by Crippen LogP contribution is -2.40. The first-order valence-electron chi connectivity index (χ1n) is 10.7. The van der Waals surface area contributed by atoms with Crippen molar-refractivity contribution in [3.63, 3.8) is 0 Å². The molecule has 8 heteroatoms. The van der Waals surface area contributed by atoms with Gasteiger partial charge in [-0.15, -0.1) is 0 Å². The number of fused-ring (bicyclic) bond motifs is 2. The summed E-state index contributed by atoms with van der Waals surface area (Å²) in [6, 6.07) is 11.0. The van der Waals surface area contributed by atoms with Gasteiger partial charge in [-0.05, 0) is 48.7 Å². The summed E-state index contributed by atoms with van der Waals surface area (Å²) in [6.45, 7) is 2.36. The number of carbonyl (C=O) groups excluding carboxylic acids is 2. The van der Waals surface area contributed by atoms with Crippen LogP contribution in [0.2, 0.25) is 0 Å². The maximum absolute atomic E-state index is 12.6. The second-order valence-electron chi connectivity index (χ2n) is 7.89. The first-order chi connectivity index (χ1) is 15.7. The van der Waals surface area contributed by atoms with E-state index in [4.69, 9.17) is 18.9 Å². The number of ether oxygens (including phenoxy) is 4. The number of likely N-dealkylation sites (tertiary alicyclic amines) is 1. The van der Waals surface area contributed by atoms with Crippen LogP contribution in [-0.2, 0) is 9.59 Å². The number of carbonyl (C=O) groups is 2. The van der Waals surface area contributed by atoms with Gasteiger partial charge in [0, 0.05) is 36.8 Å². The molecule has 1 fully saturated rings. The van der Waals surface area contributed by atoms with Crippen LogP contribution in [-0.4, -0.2) is 49.8 Å². The minimum Gasteiger partial charge on any atom is -0.486 e. The first kappa shape index (κ1) is 20.2. The molecule has 1 saturated heterocycles. The molecule has 8 nitrogen and oxygen atoms in total. The molecule has 2 amide bonds. The molecule has 1 N–H and O–H groups in total. The molecule has 0 saturated carbocycles. The van der Waals surface area contributed by atoms with Gasteiger partial charge in [0.05, 0.1) is 0 Å². The molecule has 0 aromatic heterocycles. The van der Waals surface area contributed by atoms with Crippen molar-refractivity contribution < 1.29 is 28.5 Å². The van der Waals surface area contributed by atoms with E-state index in [-0.39, 0.29) is 24.5 Å². The van der Waals surface area contributed by atoms with Gasteiger partial charge in [-0.2, -0.15) is 0 Å². The molecule has 5 rings (SSSR count). The molecule has 2 aromatic carbocycles. The molecule has 3 aliphatic heterocycles. The molecule has 0 spiro atoms. The van der Waals surface area contributed by atoms with E-state index in [0.29, 0.717) is 62.1 Å². The van der Waals surface area contributed by atoms with Crippen LogP contribution >= 0.6 is 0 Å². The van der Waals surface area contributed by atoms with Crippen molar-refractivity contribution in [3.05, 3.63) is 48.0 Å². The summed E-state index contributed by atoms with van der Waals surface area (Å²) in [5.41, 5.74) is 1.56. The van der Waals surface area contributed by atoms with E-state index in [9.17, 15) is 9.59 Å². The van der Waals surface area contributed by atoms with Crippen molar-refractivity contribution in [2.75, 3.05) is 38.4 Å². The molecular weight excluding hydrogens is 412 g/mol. The Kier molecular flexibility index (Phi) is 5.58. The molecular formula is C24H24N2O6. The van der Waals surface area contributed by atoms with Gasteiger partial charge in [0.1, 0.15) is 13.2 Å². The quantitative estimate of drug-likeness (QED) is 0.742. The molecule has 0 aliphatic carbocycles. The normalized spacial score (nSPS) is 17.4. The Morgan fingerprint density at radius 1 is 0.875 bits per heavy atom. The van der Waals surface area contributed by atoms with E-state index in [1.165, 1.54) is 0 Å². The SMILES string of the molecule is O=C(Nc1ccc2c(c1)OCO2)C1CCN(C(=O)C=Cc2ccc3c(c2)OCCO3)CC1. The molecule has 0 bridgehead atoms. The summed E-state index contributed by atoms with van der Waals surface area (Å²) in [5.74, 6) is 2.50. The highest BCUT2D eigenvalue weighted by molar-refractivity contribution is 5.94. The van der Waals surface area contributed by atoms with Crippen LogP contribution in [0.1, 0.15) is 18.4 Å². The van der Waals surface area contributed by atoms with Gasteiger partial charge in [-0.1, -0.05) is 6.07 Å². The van der Waals surface area contributed by atoms with Gasteiger partial charge < -0.3 is 29.2 Å². The van der Waals surface area contributed by atoms with Crippen LogP contribution in [0.3, 0.4) is 0 Å². The number of hydrogen-bond donors (Lipinski definition) is 1. The smallest absolute Gasteiger partial charge is 0.246 e. The van der Waals surface area contributed by atoms with E-state index >= 15 is 0 Å². The Balaban J connectivity index is 1.13. The highest BCUT2D eigenvalue weighted by atomic mass is 16.7. The number of amides is 2. The topological polar surface area (TPSA) is 86.3 Å².